The van der Waals surface area contributed by atoms with Gasteiger partial charge in [0.05, 0.1) is 58.9 Å². The van der Waals surface area contributed by atoms with Crippen LogP contribution in [0.3, 0.4) is 0 Å². The molecule has 30 nitrogen and oxygen atoms in total. The zero-order valence-corrected chi connectivity index (χ0v) is 79.5. The van der Waals surface area contributed by atoms with Crippen LogP contribution in [0, 0.1) is 29.1 Å². The molecular formula is C91H89F19N22O8S4. The molecule has 0 saturated heterocycles. The van der Waals surface area contributed by atoms with Crippen LogP contribution in [-0.4, -0.2) is 146 Å². The van der Waals surface area contributed by atoms with Crippen molar-refractivity contribution in [2.45, 2.75) is 195 Å². The van der Waals surface area contributed by atoms with Gasteiger partial charge in [-0.1, -0.05) is 60.7 Å². The molecule has 4 aliphatic rings. The molecule has 0 radical (unpaired) electrons. The minimum atomic E-state index is -4.51. The Kier molecular flexibility index (Phi) is 33.8. The molecule has 0 bridgehead atoms. The molecule has 0 aliphatic heterocycles. The molecule has 1 atom stereocenters. The summed E-state index contributed by atoms with van der Waals surface area (Å²) in [5.41, 5.74) is -0.0457. The third kappa shape index (κ3) is 30.3. The van der Waals surface area contributed by atoms with Crippen molar-refractivity contribution >= 4 is 92.0 Å². The van der Waals surface area contributed by atoms with E-state index in [1.807, 2.05) is 4.72 Å². The normalized spacial score (nSPS) is 14.3. The Bertz CT molecular complexity index is 6710. The lowest BCUT2D eigenvalue weighted by molar-refractivity contribution is -0.138. The van der Waals surface area contributed by atoms with Crippen LogP contribution in [-0.2, 0) is 129 Å². The van der Waals surface area contributed by atoms with Gasteiger partial charge in [0, 0.05) is 107 Å². The summed E-state index contributed by atoms with van der Waals surface area (Å²) in [7, 11) is -15.8. The highest BCUT2D eigenvalue weighted by atomic mass is 32.2. The van der Waals surface area contributed by atoms with E-state index in [1.165, 1.54) is 98.2 Å². The fraction of sp³-hybridized carbons (Fsp3) is 0.352. The van der Waals surface area contributed by atoms with Gasteiger partial charge in [-0.3, -0.25) is 24.4 Å². The smallest absolute Gasteiger partial charge is 0.363 e. The summed E-state index contributed by atoms with van der Waals surface area (Å²) < 4.78 is 352. The number of aromatic nitrogens is 13. The predicted molar refractivity (Wildman–Crippen MR) is 493 cm³/mol. The Morgan fingerprint density at radius 1 is 0.375 bits per heavy atom. The number of nitrogens with one attached hydrogen (secondary N) is 5. The standard InChI is InChI=1S/C25H25F5N4O2S.C23H23F5N6O2S.C22H21F5N6O2S.C21H20F4N6O2S/c1-25(29,30)21-11-7-18(12-31-21)13-34(19-8-9-19)23-22(26)20(32-15-33-23)10-6-16-2-4-17(5-3-16)14-37(35,36)24(27)28;1-14(24)37(35,36)33-17-5-2-15(3-6-17)10-30-21-20(25)22(32-13-31-21)34(19-8-9-19)12-18-7-4-16(11-29-18)23(26,27)28;1-36(34,35)32-19-17(23)8-14(9-28-19)10-29-20-18(24)21(31-12-30-20)33(16-6-7-16)11-13-2-4-15(5-3-13)22(25,26)27;1-34(32,33)17-7-2-13(8-27-17)9-28-19-18(22)20(30-12-29-19)31(16-5-6-16)11-15-4-3-14(10-26-15)21(23,24)25/h2-5,7,11-12,15,19,24H,6,8-10,13-14H2,1H3;2-7,11,13-14,19,33H,8-10,12H2,1H3,(H,30,31,32);2-5,8-9,12,16H,6-7,10-11H2,1H3,(H,28,32)(H,29,30,31);2-4,7-8,10,12,16H,5-6,9,11H2,1H3,(H,28,29,30). The third-order valence-electron chi connectivity index (χ3n) is 22.1. The minimum absolute atomic E-state index is 0.00548. The van der Waals surface area contributed by atoms with Crippen molar-refractivity contribution in [1.29, 1.82) is 0 Å². The molecule has 4 saturated carbocycles. The number of halogens is 19. The summed E-state index contributed by atoms with van der Waals surface area (Å²) in [5, 5.41) is 8.39. The van der Waals surface area contributed by atoms with Crippen LogP contribution in [0.4, 0.5) is 136 Å². The maximum absolute atomic E-state index is 15.4. The Hall–Kier alpha value is -13.6. The molecule has 9 heterocycles. The lowest BCUT2D eigenvalue weighted by atomic mass is 10.1. The van der Waals surface area contributed by atoms with Gasteiger partial charge in [-0.2, -0.15) is 70.2 Å². The number of hydrogen-bond donors (Lipinski definition) is 5. The number of pyridine rings is 5. The molecule has 4 aliphatic carbocycles. The van der Waals surface area contributed by atoms with Crippen molar-refractivity contribution in [3.05, 3.63) is 291 Å². The van der Waals surface area contributed by atoms with Crippen molar-refractivity contribution in [1.82, 2.24) is 64.8 Å². The first-order valence-electron chi connectivity index (χ1n) is 43.7. The van der Waals surface area contributed by atoms with Crippen LogP contribution in [0.15, 0.2) is 189 Å². The Morgan fingerprint density at radius 2 is 0.771 bits per heavy atom. The van der Waals surface area contributed by atoms with Gasteiger partial charge in [-0.25, -0.2) is 96.7 Å². The van der Waals surface area contributed by atoms with Gasteiger partial charge >= 0.3 is 24.3 Å². The summed E-state index contributed by atoms with van der Waals surface area (Å²) in [6, 6.07) is 28.1. The largest absolute Gasteiger partial charge is 0.417 e. The van der Waals surface area contributed by atoms with Gasteiger partial charge in [0.25, 0.3) is 15.9 Å². The average Bonchev–Trinajstić information content (AvgIpc) is 1.64. The highest BCUT2D eigenvalue weighted by molar-refractivity contribution is 7.93. The van der Waals surface area contributed by atoms with Gasteiger partial charge in [0.2, 0.25) is 42.8 Å². The van der Waals surface area contributed by atoms with E-state index in [2.05, 4.69) is 85.5 Å². The molecule has 768 valence electrons. The quantitative estimate of drug-likeness (QED) is 0.0224. The molecule has 3 aromatic carbocycles. The van der Waals surface area contributed by atoms with Crippen molar-refractivity contribution in [3.63, 3.8) is 0 Å². The van der Waals surface area contributed by atoms with E-state index >= 15 is 17.6 Å². The fourth-order valence-electron chi connectivity index (χ4n) is 14.0. The van der Waals surface area contributed by atoms with E-state index < -0.39 is 133 Å². The molecule has 12 aromatic rings. The second kappa shape index (κ2) is 45.1. The Labute approximate surface area is 812 Å². The number of sulfonamides is 2. The van der Waals surface area contributed by atoms with Crippen LogP contribution in [0.2, 0.25) is 0 Å². The van der Waals surface area contributed by atoms with Crippen LogP contribution in [0.25, 0.3) is 0 Å². The van der Waals surface area contributed by atoms with Gasteiger partial charge in [0.15, 0.2) is 73.0 Å². The van der Waals surface area contributed by atoms with Crippen molar-refractivity contribution in [2.75, 3.05) is 57.5 Å². The van der Waals surface area contributed by atoms with Crippen molar-refractivity contribution < 1.29 is 117 Å². The summed E-state index contributed by atoms with van der Waals surface area (Å²) in [6.45, 7) is 2.46. The highest BCUT2D eigenvalue weighted by Crippen LogP contribution is 2.42. The van der Waals surface area contributed by atoms with E-state index in [0.29, 0.717) is 45.6 Å². The first-order chi connectivity index (χ1) is 67.8. The number of sulfone groups is 2. The molecule has 144 heavy (non-hydrogen) atoms. The molecule has 1 unspecified atom stereocenters. The lowest BCUT2D eigenvalue weighted by Crippen LogP contribution is -2.28. The van der Waals surface area contributed by atoms with Crippen LogP contribution < -0.4 is 45.0 Å². The van der Waals surface area contributed by atoms with Crippen molar-refractivity contribution in [2.24, 2.45) is 0 Å². The molecular weight excluding hydrogens is 2020 g/mol. The number of alkyl halides is 14. The maximum atomic E-state index is 15.4. The molecule has 9 aromatic heterocycles. The summed E-state index contributed by atoms with van der Waals surface area (Å²) in [6.07, 6.45) is 5.81. The molecule has 0 amide bonds. The first kappa shape index (κ1) is 108. The van der Waals surface area contributed by atoms with Gasteiger partial charge < -0.3 is 35.6 Å². The molecule has 5 N–H and O–H groups in total. The van der Waals surface area contributed by atoms with Crippen LogP contribution >= 0.6 is 0 Å². The van der Waals surface area contributed by atoms with Gasteiger partial charge in [-0.05, 0) is 177 Å². The summed E-state index contributed by atoms with van der Waals surface area (Å²) in [4.78, 5) is 58.2. The molecule has 4 fully saturated rings. The number of benzene rings is 3. The molecule has 53 heteroatoms. The topological polar surface area (TPSA) is 377 Å². The Morgan fingerprint density at radius 3 is 1.17 bits per heavy atom. The average molecular weight is 2110 g/mol. The maximum Gasteiger partial charge on any atom is 0.417 e. The number of rotatable bonds is 38. The summed E-state index contributed by atoms with van der Waals surface area (Å²) in [5.74, 6) is -11.5. The van der Waals surface area contributed by atoms with Crippen molar-refractivity contribution in [3.8, 4) is 0 Å². The monoisotopic (exact) mass is 2110 g/mol. The zero-order valence-electron chi connectivity index (χ0n) is 76.2. The predicted octanol–water partition coefficient (Wildman–Crippen LogP) is 18.0. The van der Waals surface area contributed by atoms with Crippen LogP contribution in [0.1, 0.15) is 144 Å². The second-order valence-corrected chi connectivity index (χ2v) is 41.5. The Balaban J connectivity index is 0.000000161. The van der Waals surface area contributed by atoms with E-state index in [1.54, 1.807) is 56.0 Å². The summed E-state index contributed by atoms with van der Waals surface area (Å²) >= 11 is 0. The zero-order chi connectivity index (χ0) is 104. The first-order valence-corrected chi connectivity index (χ1v) is 50.8. The van der Waals surface area contributed by atoms with E-state index in [-0.39, 0.29) is 145 Å². The van der Waals surface area contributed by atoms with E-state index in [9.17, 15) is 99.5 Å². The molecule has 16 rings (SSSR count). The lowest BCUT2D eigenvalue weighted by Gasteiger charge is -2.24. The number of hydrogen-bond acceptors (Lipinski definition) is 28. The van der Waals surface area contributed by atoms with Gasteiger partial charge in [0.1, 0.15) is 31.0 Å². The van der Waals surface area contributed by atoms with Crippen LogP contribution in [0.5, 0.6) is 0 Å². The van der Waals surface area contributed by atoms with Gasteiger partial charge in [-0.15, -0.1) is 0 Å². The van der Waals surface area contributed by atoms with E-state index in [4.69, 9.17) is 0 Å². The van der Waals surface area contributed by atoms with E-state index in [0.717, 1.165) is 132 Å². The third-order valence-corrected chi connectivity index (χ3v) is 26.3. The number of anilines is 9. The second-order valence-electron chi connectivity index (χ2n) is 33.8. The molecule has 0 spiro atoms. The fourth-order valence-corrected chi connectivity index (χ4v) is 16.4. The number of aryl methyl sites for hydroxylation is 2. The number of nitrogens with zero attached hydrogens (tertiary/aromatic N) is 17. The minimum Gasteiger partial charge on any atom is -0.363 e. The SMILES string of the molecule is CC(F)(F)c1ccc(CN(c2ncnc(CCc3ccc(CS(=O)(=O)C(F)F)cc3)c2F)C2CC2)cn1.CC(F)S(=O)(=O)Nc1ccc(CNc2ncnc(N(Cc3ccc(C(F)(F)F)cn3)C3CC3)c2F)cc1.CS(=O)(=O)Nc1ncc(CNc2ncnc(N(Cc3ccc(C(F)(F)F)cc3)C3CC3)c2F)cc1F.CS(=O)(=O)c1ccc(CNc2ncnc(N(Cc3ccc(C(F)(F)F)cn3)C3CC3)c2F)cn1. The highest BCUT2D eigenvalue weighted by Gasteiger charge is 2.40.